The molecule has 19 heteroatoms. The van der Waals surface area contributed by atoms with Crippen LogP contribution in [0.2, 0.25) is 0 Å². The van der Waals surface area contributed by atoms with Gasteiger partial charge in [0, 0.05) is 25.7 Å². The van der Waals surface area contributed by atoms with Crippen LogP contribution in [0.25, 0.3) is 0 Å². The van der Waals surface area contributed by atoms with Gasteiger partial charge in [0.15, 0.2) is 12.2 Å². The highest BCUT2D eigenvalue weighted by molar-refractivity contribution is 7.47. The first kappa shape index (κ1) is 91.1. The summed E-state index contributed by atoms with van der Waals surface area (Å²) in [6.45, 7) is 9.45. The summed E-state index contributed by atoms with van der Waals surface area (Å²) in [7, 11) is -9.90. The average Bonchev–Trinajstić information content (AvgIpc) is 1.86. The molecule has 0 aliphatic heterocycles. The number of aliphatic hydroxyl groups excluding tert-OH is 1. The molecular weight excluding hydrogens is 1220 g/mol. The van der Waals surface area contributed by atoms with Gasteiger partial charge >= 0.3 is 39.5 Å². The Kier molecular flexibility index (Phi) is 64.6. The Labute approximate surface area is 568 Å². The number of carbonyl (C=O) groups excluding carboxylic acids is 4. The second-order valence-corrected chi connectivity index (χ2v) is 30.5. The first-order chi connectivity index (χ1) is 44.9. The van der Waals surface area contributed by atoms with E-state index >= 15 is 0 Å². The minimum atomic E-state index is -4.95. The maximum absolute atomic E-state index is 13.1. The highest BCUT2D eigenvalue weighted by atomic mass is 31.2. The van der Waals surface area contributed by atoms with Crippen LogP contribution in [0.15, 0.2) is 0 Å². The van der Waals surface area contributed by atoms with Crippen molar-refractivity contribution < 1.29 is 80.2 Å². The van der Waals surface area contributed by atoms with Crippen molar-refractivity contribution in [2.24, 2.45) is 11.8 Å². The summed E-state index contributed by atoms with van der Waals surface area (Å²) in [4.78, 5) is 72.5. The minimum absolute atomic E-state index is 0.102. The van der Waals surface area contributed by atoms with E-state index in [-0.39, 0.29) is 25.7 Å². The van der Waals surface area contributed by atoms with Gasteiger partial charge < -0.3 is 33.8 Å². The van der Waals surface area contributed by atoms with Gasteiger partial charge in [0.2, 0.25) is 0 Å². The van der Waals surface area contributed by atoms with Gasteiger partial charge in [0.05, 0.1) is 26.4 Å². The van der Waals surface area contributed by atoms with Gasteiger partial charge in [-0.25, -0.2) is 9.13 Å². The number of phosphoric ester groups is 2. The highest BCUT2D eigenvalue weighted by Gasteiger charge is 2.30. The first-order valence-corrected chi connectivity index (χ1v) is 41.5. The van der Waals surface area contributed by atoms with Gasteiger partial charge in [-0.15, -0.1) is 0 Å². The third-order valence-electron chi connectivity index (χ3n) is 17.2. The Morgan fingerprint density at radius 1 is 0.290 bits per heavy atom. The number of ether oxygens (including phenoxy) is 4. The third-order valence-corrected chi connectivity index (χ3v) is 19.1. The van der Waals surface area contributed by atoms with E-state index in [2.05, 4.69) is 41.5 Å². The smallest absolute Gasteiger partial charge is 0.462 e. The standard InChI is InChI=1S/C74H144O17P2/c1-7-9-11-13-15-17-18-19-20-21-22-23-24-25-26-27-28-31-35-39-46-52-58-73(78)90-69(62-85-72(77)57-51-45-38-34-32-29-30-33-36-42-48-54-66(3)4)64-88-92(80,81)86-60-68(75)61-87-93(82,83)89-65-70(63-84-71(76)56-50-44-37-16-14-12-10-8-2)91-74(79)59-53-47-41-40-43-49-55-67(5)6/h66-70,75H,7-65H2,1-6H3,(H,80,81)(H,82,83)/t68-,69-,70-/m1/s1. The molecule has 0 spiro atoms. The molecule has 0 fully saturated rings. The Balaban J connectivity index is 5.14. The molecule has 0 aliphatic rings. The molecule has 552 valence electrons. The molecular formula is C74H144O17P2. The van der Waals surface area contributed by atoms with Crippen molar-refractivity contribution >= 4 is 39.5 Å². The molecule has 2 unspecified atom stereocenters. The predicted molar refractivity (Wildman–Crippen MR) is 377 cm³/mol. The highest BCUT2D eigenvalue weighted by Crippen LogP contribution is 2.45. The molecule has 0 bridgehead atoms. The van der Waals surface area contributed by atoms with E-state index in [0.29, 0.717) is 31.6 Å². The lowest BCUT2D eigenvalue weighted by molar-refractivity contribution is -0.161. The second kappa shape index (κ2) is 66.0. The molecule has 0 radical (unpaired) electrons. The molecule has 0 aliphatic carbocycles. The Hall–Kier alpha value is -1.94. The molecule has 0 amide bonds. The van der Waals surface area contributed by atoms with E-state index in [1.54, 1.807) is 0 Å². The van der Waals surface area contributed by atoms with Crippen LogP contribution < -0.4 is 0 Å². The molecule has 0 aromatic heterocycles. The second-order valence-electron chi connectivity index (χ2n) is 27.6. The van der Waals surface area contributed by atoms with Crippen molar-refractivity contribution in [2.75, 3.05) is 39.6 Å². The zero-order valence-electron chi connectivity index (χ0n) is 60.6. The minimum Gasteiger partial charge on any atom is -0.462 e. The third kappa shape index (κ3) is 68.4. The molecule has 0 aromatic carbocycles. The van der Waals surface area contributed by atoms with Gasteiger partial charge in [-0.2, -0.15) is 0 Å². The van der Waals surface area contributed by atoms with Crippen LogP contribution in [0, 0.1) is 11.8 Å². The van der Waals surface area contributed by atoms with E-state index in [1.165, 1.54) is 193 Å². The fourth-order valence-corrected chi connectivity index (χ4v) is 12.9. The number of carbonyl (C=O) groups is 4. The largest absolute Gasteiger partial charge is 0.472 e. The predicted octanol–water partition coefficient (Wildman–Crippen LogP) is 21.6. The summed E-state index contributed by atoms with van der Waals surface area (Å²) in [6, 6.07) is 0. The van der Waals surface area contributed by atoms with Gasteiger partial charge in [-0.05, 0) is 37.5 Å². The average molecular weight is 1370 g/mol. The van der Waals surface area contributed by atoms with Crippen LogP contribution >= 0.6 is 15.6 Å². The summed E-state index contributed by atoms with van der Waals surface area (Å²) in [5.41, 5.74) is 0. The fourth-order valence-electron chi connectivity index (χ4n) is 11.3. The van der Waals surface area contributed by atoms with Crippen molar-refractivity contribution in [2.45, 2.75) is 400 Å². The summed E-state index contributed by atoms with van der Waals surface area (Å²) < 4.78 is 68.3. The number of rotatable bonds is 73. The molecule has 0 rings (SSSR count). The Morgan fingerprint density at radius 3 is 0.731 bits per heavy atom. The van der Waals surface area contributed by atoms with Crippen LogP contribution in [0.3, 0.4) is 0 Å². The van der Waals surface area contributed by atoms with Crippen LogP contribution in [-0.2, 0) is 65.4 Å². The van der Waals surface area contributed by atoms with Crippen molar-refractivity contribution in [1.82, 2.24) is 0 Å². The lowest BCUT2D eigenvalue weighted by Crippen LogP contribution is -2.30. The lowest BCUT2D eigenvalue weighted by Gasteiger charge is -2.21. The molecule has 5 atom stereocenters. The molecule has 0 aromatic rings. The normalized spacial score (nSPS) is 14.1. The number of aliphatic hydroxyl groups is 1. The quantitative estimate of drug-likeness (QED) is 0.0222. The van der Waals surface area contributed by atoms with Crippen molar-refractivity contribution in [3.05, 3.63) is 0 Å². The summed E-state index contributed by atoms with van der Waals surface area (Å²) in [5, 5.41) is 10.6. The van der Waals surface area contributed by atoms with Crippen LogP contribution in [-0.4, -0.2) is 96.7 Å². The van der Waals surface area contributed by atoms with E-state index < -0.39 is 97.5 Å². The van der Waals surface area contributed by atoms with Gasteiger partial charge in [-0.1, -0.05) is 330 Å². The fraction of sp³-hybridized carbons (Fsp3) is 0.946. The number of phosphoric acid groups is 2. The zero-order chi connectivity index (χ0) is 68.6. The molecule has 0 heterocycles. The molecule has 0 saturated carbocycles. The van der Waals surface area contributed by atoms with Gasteiger partial charge in [0.25, 0.3) is 0 Å². The molecule has 0 saturated heterocycles. The van der Waals surface area contributed by atoms with Crippen molar-refractivity contribution in [3.63, 3.8) is 0 Å². The molecule has 3 N–H and O–H groups in total. The summed E-state index contributed by atoms with van der Waals surface area (Å²) in [5.74, 6) is -0.687. The van der Waals surface area contributed by atoms with Crippen LogP contribution in [0.4, 0.5) is 0 Å². The van der Waals surface area contributed by atoms with Crippen molar-refractivity contribution in [1.29, 1.82) is 0 Å². The summed E-state index contributed by atoms with van der Waals surface area (Å²) in [6.07, 6.45) is 53.2. The van der Waals surface area contributed by atoms with E-state index in [4.69, 9.17) is 37.0 Å². The van der Waals surface area contributed by atoms with E-state index in [0.717, 1.165) is 102 Å². The van der Waals surface area contributed by atoms with E-state index in [9.17, 15) is 43.2 Å². The topological polar surface area (TPSA) is 237 Å². The lowest BCUT2D eigenvalue weighted by atomic mass is 10.0. The Bertz CT molecular complexity index is 1800. The van der Waals surface area contributed by atoms with Crippen molar-refractivity contribution in [3.8, 4) is 0 Å². The maximum atomic E-state index is 13.1. The maximum Gasteiger partial charge on any atom is 0.472 e. The number of hydrogen-bond acceptors (Lipinski definition) is 15. The Morgan fingerprint density at radius 2 is 0.495 bits per heavy atom. The van der Waals surface area contributed by atoms with Crippen LogP contribution in [0.1, 0.15) is 382 Å². The molecule has 17 nitrogen and oxygen atoms in total. The summed E-state index contributed by atoms with van der Waals surface area (Å²) >= 11 is 0. The number of esters is 4. The number of hydrogen-bond donors (Lipinski definition) is 3. The first-order valence-electron chi connectivity index (χ1n) is 38.5. The van der Waals surface area contributed by atoms with Crippen LogP contribution in [0.5, 0.6) is 0 Å². The van der Waals surface area contributed by atoms with E-state index in [1.807, 2.05) is 0 Å². The molecule has 93 heavy (non-hydrogen) atoms. The van der Waals surface area contributed by atoms with Gasteiger partial charge in [0.1, 0.15) is 19.3 Å². The van der Waals surface area contributed by atoms with Gasteiger partial charge in [-0.3, -0.25) is 37.3 Å². The number of unbranched alkanes of at least 4 members (excludes halogenated alkanes) is 43. The zero-order valence-corrected chi connectivity index (χ0v) is 62.3. The monoisotopic (exact) mass is 1370 g/mol. The SMILES string of the molecule is CCCCCCCCCCCCCCCCCCCCCCCCC(=O)O[C@H](COC(=O)CCCCCCCCCCCCCC(C)C)COP(=O)(O)OC[C@@H](O)COP(=O)(O)OC[C@@H](COC(=O)CCCCCCCCCC)OC(=O)CCCCCCCCC(C)C.